The molecule has 2 aromatic carbocycles. The maximum atomic E-state index is 12.7. The van der Waals surface area contributed by atoms with Gasteiger partial charge in [-0.2, -0.15) is 0 Å². The molecular formula is C23H30N2O5S. The van der Waals surface area contributed by atoms with Gasteiger partial charge in [0, 0.05) is 31.0 Å². The highest BCUT2D eigenvalue weighted by molar-refractivity contribution is 7.92. The number of amides is 1. The molecule has 8 heteroatoms. The molecule has 1 aliphatic rings. The van der Waals surface area contributed by atoms with Gasteiger partial charge in [-0.15, -0.1) is 0 Å². The molecule has 1 N–H and O–H groups in total. The number of nitrogens with zero attached hydrogens (tertiary/aromatic N) is 1. The summed E-state index contributed by atoms with van der Waals surface area (Å²) in [5.41, 5.74) is 1.08. The van der Waals surface area contributed by atoms with Gasteiger partial charge >= 0.3 is 0 Å². The van der Waals surface area contributed by atoms with Crippen molar-refractivity contribution in [2.75, 3.05) is 24.2 Å². The third kappa shape index (κ3) is 5.91. The number of nitrogens with one attached hydrogen (secondary N) is 1. The van der Waals surface area contributed by atoms with Crippen LogP contribution in [0.15, 0.2) is 48.5 Å². The number of benzene rings is 2. The SMILES string of the molecule is COc1ccc2c(c1)OC(C)(C)C[C@H]2NC(=O)CCCN(c1ccccc1)S(C)(=O)=O. The number of carbonyl (C=O) groups excluding carboxylic acids is 1. The molecule has 2 aromatic rings. The Hall–Kier alpha value is -2.74. The second-order valence-corrected chi connectivity index (χ2v) is 10.3. The van der Waals surface area contributed by atoms with Crippen LogP contribution in [0.4, 0.5) is 5.69 Å². The fourth-order valence-corrected chi connectivity index (χ4v) is 4.78. The van der Waals surface area contributed by atoms with Crippen LogP contribution < -0.4 is 19.1 Å². The van der Waals surface area contributed by atoms with Crippen LogP contribution in [0.2, 0.25) is 0 Å². The number of anilines is 1. The Bertz CT molecular complexity index is 1020. The molecule has 0 aliphatic carbocycles. The molecule has 0 saturated carbocycles. The molecule has 0 spiro atoms. The Balaban J connectivity index is 1.64. The number of hydrogen-bond donors (Lipinski definition) is 1. The smallest absolute Gasteiger partial charge is 0.232 e. The molecule has 0 saturated heterocycles. The van der Waals surface area contributed by atoms with E-state index in [1.807, 2.05) is 38.1 Å². The fourth-order valence-electron chi connectivity index (χ4n) is 3.82. The summed E-state index contributed by atoms with van der Waals surface area (Å²) in [6.45, 7) is 4.21. The lowest BCUT2D eigenvalue weighted by atomic mass is 9.89. The van der Waals surface area contributed by atoms with Crippen molar-refractivity contribution in [3.8, 4) is 11.5 Å². The van der Waals surface area contributed by atoms with Crippen molar-refractivity contribution in [2.45, 2.75) is 44.8 Å². The van der Waals surface area contributed by atoms with E-state index in [2.05, 4.69) is 5.32 Å². The number of fused-ring (bicyclic) bond motifs is 1. The molecule has 1 atom stereocenters. The van der Waals surface area contributed by atoms with E-state index in [1.54, 1.807) is 31.4 Å². The number of methoxy groups -OCH3 is 1. The highest BCUT2D eigenvalue weighted by Crippen LogP contribution is 2.41. The van der Waals surface area contributed by atoms with E-state index >= 15 is 0 Å². The van der Waals surface area contributed by atoms with E-state index in [1.165, 1.54) is 10.6 Å². The highest BCUT2D eigenvalue weighted by Gasteiger charge is 2.34. The second-order valence-electron chi connectivity index (χ2n) is 8.36. The molecule has 31 heavy (non-hydrogen) atoms. The molecule has 0 bridgehead atoms. The zero-order valence-electron chi connectivity index (χ0n) is 18.4. The number of sulfonamides is 1. The van der Waals surface area contributed by atoms with Crippen LogP contribution in [0.3, 0.4) is 0 Å². The van der Waals surface area contributed by atoms with Gasteiger partial charge in [-0.3, -0.25) is 9.10 Å². The first-order valence-corrected chi connectivity index (χ1v) is 12.1. The summed E-state index contributed by atoms with van der Waals surface area (Å²) < 4.78 is 37.1. The van der Waals surface area contributed by atoms with Gasteiger partial charge in [0.2, 0.25) is 15.9 Å². The van der Waals surface area contributed by atoms with Crippen LogP contribution in [0, 0.1) is 0 Å². The van der Waals surface area contributed by atoms with Crippen LogP contribution in [-0.4, -0.2) is 39.8 Å². The highest BCUT2D eigenvalue weighted by atomic mass is 32.2. The molecule has 1 heterocycles. The van der Waals surface area contributed by atoms with Crippen LogP contribution in [0.1, 0.15) is 44.7 Å². The Morgan fingerprint density at radius 2 is 1.94 bits per heavy atom. The monoisotopic (exact) mass is 446 g/mol. The fraction of sp³-hybridized carbons (Fsp3) is 0.435. The van der Waals surface area contributed by atoms with Crippen LogP contribution >= 0.6 is 0 Å². The van der Waals surface area contributed by atoms with Gasteiger partial charge in [0.1, 0.15) is 17.1 Å². The van der Waals surface area contributed by atoms with Crippen molar-refractivity contribution in [1.29, 1.82) is 0 Å². The lowest BCUT2D eigenvalue weighted by molar-refractivity contribution is -0.122. The molecule has 0 aromatic heterocycles. The summed E-state index contributed by atoms with van der Waals surface area (Å²) in [7, 11) is -1.83. The van der Waals surface area contributed by atoms with E-state index < -0.39 is 15.6 Å². The lowest BCUT2D eigenvalue weighted by Gasteiger charge is -2.38. The molecule has 0 fully saturated rings. The first-order valence-electron chi connectivity index (χ1n) is 10.3. The largest absolute Gasteiger partial charge is 0.497 e. The van der Waals surface area contributed by atoms with Crippen molar-refractivity contribution in [3.63, 3.8) is 0 Å². The number of para-hydroxylation sites is 1. The van der Waals surface area contributed by atoms with Crippen LogP contribution in [0.5, 0.6) is 11.5 Å². The summed E-state index contributed by atoms with van der Waals surface area (Å²) in [6, 6.07) is 14.3. The minimum absolute atomic E-state index is 0.119. The van der Waals surface area contributed by atoms with E-state index in [0.717, 1.165) is 5.56 Å². The number of carbonyl (C=O) groups is 1. The maximum absolute atomic E-state index is 12.7. The molecule has 0 radical (unpaired) electrons. The summed E-state index contributed by atoms with van der Waals surface area (Å²) >= 11 is 0. The first kappa shape index (κ1) is 22.9. The maximum Gasteiger partial charge on any atom is 0.232 e. The van der Waals surface area contributed by atoms with E-state index in [-0.39, 0.29) is 24.9 Å². The van der Waals surface area contributed by atoms with Gasteiger partial charge < -0.3 is 14.8 Å². The summed E-state index contributed by atoms with van der Waals surface area (Å²) in [6.07, 6.45) is 2.45. The average Bonchev–Trinajstić information content (AvgIpc) is 2.69. The number of ether oxygens (including phenoxy) is 2. The predicted octanol–water partition coefficient (Wildman–Crippen LogP) is 3.66. The molecule has 0 unspecified atom stereocenters. The van der Waals surface area contributed by atoms with Crippen LogP contribution in [0.25, 0.3) is 0 Å². The quantitative estimate of drug-likeness (QED) is 0.669. The van der Waals surface area contributed by atoms with E-state index in [4.69, 9.17) is 9.47 Å². The Kier molecular flexibility index (Phi) is 6.79. The number of hydrogen-bond acceptors (Lipinski definition) is 5. The minimum Gasteiger partial charge on any atom is -0.497 e. The van der Waals surface area contributed by atoms with Crippen LogP contribution in [-0.2, 0) is 14.8 Å². The lowest BCUT2D eigenvalue weighted by Crippen LogP contribution is -2.41. The minimum atomic E-state index is -3.43. The average molecular weight is 447 g/mol. The van der Waals surface area contributed by atoms with E-state index in [0.29, 0.717) is 30.0 Å². The van der Waals surface area contributed by atoms with Gasteiger partial charge in [-0.1, -0.05) is 18.2 Å². The summed E-state index contributed by atoms with van der Waals surface area (Å²) in [5.74, 6) is 1.28. The van der Waals surface area contributed by atoms with Gasteiger partial charge in [0.15, 0.2) is 0 Å². The Morgan fingerprint density at radius 3 is 2.58 bits per heavy atom. The Labute approximate surface area is 184 Å². The summed E-state index contributed by atoms with van der Waals surface area (Å²) in [5, 5.41) is 3.09. The third-order valence-corrected chi connectivity index (χ3v) is 6.42. The summed E-state index contributed by atoms with van der Waals surface area (Å²) in [4.78, 5) is 12.7. The normalized spacial score (nSPS) is 17.2. The predicted molar refractivity (Wildman–Crippen MR) is 121 cm³/mol. The third-order valence-electron chi connectivity index (χ3n) is 5.22. The molecule has 3 rings (SSSR count). The van der Waals surface area contributed by atoms with Crippen molar-refractivity contribution in [2.24, 2.45) is 0 Å². The van der Waals surface area contributed by atoms with Crippen molar-refractivity contribution in [3.05, 3.63) is 54.1 Å². The van der Waals surface area contributed by atoms with Gasteiger partial charge in [-0.25, -0.2) is 8.42 Å². The molecule has 168 valence electrons. The topological polar surface area (TPSA) is 84.9 Å². The van der Waals surface area contributed by atoms with Gasteiger partial charge in [-0.05, 0) is 44.5 Å². The zero-order valence-corrected chi connectivity index (χ0v) is 19.2. The molecule has 1 amide bonds. The van der Waals surface area contributed by atoms with Crippen molar-refractivity contribution < 1.29 is 22.7 Å². The van der Waals surface area contributed by atoms with Crippen molar-refractivity contribution in [1.82, 2.24) is 5.32 Å². The molecular weight excluding hydrogens is 416 g/mol. The second kappa shape index (κ2) is 9.18. The molecule has 7 nitrogen and oxygen atoms in total. The first-order chi connectivity index (χ1) is 14.6. The van der Waals surface area contributed by atoms with Gasteiger partial charge in [0.05, 0.1) is 25.1 Å². The standard InChI is InChI=1S/C23H30N2O5S/c1-23(2)16-20(19-13-12-18(29-3)15-21(19)30-23)24-22(26)11-8-14-25(31(4,27)28)17-9-6-5-7-10-17/h5-7,9-10,12-13,15,20H,8,11,14,16H2,1-4H3,(H,24,26)/t20-/m1/s1. The number of rotatable bonds is 8. The Morgan fingerprint density at radius 1 is 1.23 bits per heavy atom. The molecule has 1 aliphatic heterocycles. The zero-order chi connectivity index (χ0) is 22.6. The van der Waals surface area contributed by atoms with Gasteiger partial charge in [0.25, 0.3) is 0 Å². The van der Waals surface area contributed by atoms with Crippen molar-refractivity contribution >= 4 is 21.6 Å². The van der Waals surface area contributed by atoms with E-state index in [9.17, 15) is 13.2 Å².